The third-order valence-electron chi connectivity index (χ3n) is 3.96. The Morgan fingerprint density at radius 3 is 2.35 bits per heavy atom. The molecule has 0 aliphatic rings. The van der Waals surface area contributed by atoms with Gasteiger partial charge in [-0.3, -0.25) is 0 Å². The van der Waals surface area contributed by atoms with Gasteiger partial charge in [0.15, 0.2) is 0 Å². The lowest BCUT2D eigenvalue weighted by Gasteiger charge is -2.06. The van der Waals surface area contributed by atoms with Crippen LogP contribution in [-0.4, -0.2) is 9.38 Å². The zero-order chi connectivity index (χ0) is 15.6. The van der Waals surface area contributed by atoms with Crippen molar-refractivity contribution in [3.05, 3.63) is 96.1 Å². The SMILES string of the molecule is Fc1ccc(-c2nc3ccccn3c2Cc2ccccc2)cc1. The smallest absolute Gasteiger partial charge is 0.137 e. The van der Waals surface area contributed by atoms with E-state index in [9.17, 15) is 4.39 Å². The summed E-state index contributed by atoms with van der Waals surface area (Å²) in [5.74, 6) is -0.234. The third kappa shape index (κ3) is 2.61. The first-order valence-corrected chi connectivity index (χ1v) is 7.57. The number of pyridine rings is 1. The first kappa shape index (κ1) is 13.7. The van der Waals surface area contributed by atoms with Crippen LogP contribution in [0.3, 0.4) is 0 Å². The van der Waals surface area contributed by atoms with Gasteiger partial charge in [0, 0.05) is 18.2 Å². The highest BCUT2D eigenvalue weighted by atomic mass is 19.1. The molecule has 2 aromatic carbocycles. The zero-order valence-electron chi connectivity index (χ0n) is 12.5. The van der Waals surface area contributed by atoms with E-state index in [4.69, 9.17) is 4.98 Å². The molecule has 0 saturated heterocycles. The molecule has 0 saturated carbocycles. The van der Waals surface area contributed by atoms with Gasteiger partial charge in [0.05, 0.1) is 11.4 Å². The molecule has 0 fully saturated rings. The van der Waals surface area contributed by atoms with Crippen LogP contribution in [0.25, 0.3) is 16.9 Å². The molecular weight excluding hydrogens is 287 g/mol. The summed E-state index contributed by atoms with van der Waals surface area (Å²) in [7, 11) is 0. The second-order valence-electron chi connectivity index (χ2n) is 5.51. The van der Waals surface area contributed by atoms with Gasteiger partial charge < -0.3 is 4.40 Å². The standard InChI is InChI=1S/C20H15FN2/c21-17-11-9-16(10-12-17)20-18(14-15-6-2-1-3-7-15)23-13-5-4-8-19(23)22-20/h1-13H,14H2. The molecule has 4 aromatic rings. The lowest BCUT2D eigenvalue weighted by Crippen LogP contribution is -1.96. The van der Waals surface area contributed by atoms with Gasteiger partial charge in [-0.25, -0.2) is 9.37 Å². The van der Waals surface area contributed by atoms with Crippen LogP contribution >= 0.6 is 0 Å². The molecule has 0 amide bonds. The van der Waals surface area contributed by atoms with E-state index in [-0.39, 0.29) is 5.82 Å². The van der Waals surface area contributed by atoms with Crippen molar-refractivity contribution in [1.82, 2.24) is 9.38 Å². The normalized spacial score (nSPS) is 11.0. The Labute approximate surface area is 133 Å². The Kier molecular flexibility index (Phi) is 3.39. The fourth-order valence-electron chi connectivity index (χ4n) is 2.84. The quantitative estimate of drug-likeness (QED) is 0.535. The number of nitrogens with zero attached hydrogens (tertiary/aromatic N) is 2. The van der Waals surface area contributed by atoms with Crippen LogP contribution in [0.5, 0.6) is 0 Å². The molecule has 3 heteroatoms. The monoisotopic (exact) mass is 302 g/mol. The Bertz CT molecular complexity index is 940. The van der Waals surface area contributed by atoms with Crippen LogP contribution in [0.1, 0.15) is 11.3 Å². The Balaban J connectivity index is 1.89. The summed E-state index contributed by atoms with van der Waals surface area (Å²) in [6, 6.07) is 22.8. The van der Waals surface area contributed by atoms with Crippen molar-refractivity contribution in [1.29, 1.82) is 0 Å². The summed E-state index contributed by atoms with van der Waals surface area (Å²) in [6.07, 6.45) is 2.80. The predicted molar refractivity (Wildman–Crippen MR) is 89.8 cm³/mol. The van der Waals surface area contributed by atoms with E-state index in [0.29, 0.717) is 0 Å². The average molecular weight is 302 g/mol. The summed E-state index contributed by atoms with van der Waals surface area (Å²) in [4.78, 5) is 4.75. The summed E-state index contributed by atoms with van der Waals surface area (Å²) in [5, 5.41) is 0. The Hall–Kier alpha value is -2.94. The number of hydrogen-bond acceptors (Lipinski definition) is 1. The van der Waals surface area contributed by atoms with Crippen LogP contribution in [0.4, 0.5) is 4.39 Å². The van der Waals surface area contributed by atoms with E-state index in [0.717, 1.165) is 29.0 Å². The van der Waals surface area contributed by atoms with Crippen molar-refractivity contribution >= 4 is 5.65 Å². The topological polar surface area (TPSA) is 17.3 Å². The molecule has 0 aliphatic heterocycles. The number of benzene rings is 2. The highest BCUT2D eigenvalue weighted by Gasteiger charge is 2.14. The maximum absolute atomic E-state index is 13.2. The molecule has 0 radical (unpaired) electrons. The molecule has 0 unspecified atom stereocenters. The molecular formula is C20H15FN2. The molecule has 4 rings (SSSR count). The van der Waals surface area contributed by atoms with E-state index < -0.39 is 0 Å². The number of hydrogen-bond donors (Lipinski definition) is 0. The molecule has 0 N–H and O–H groups in total. The van der Waals surface area contributed by atoms with Gasteiger partial charge in [-0.2, -0.15) is 0 Å². The largest absolute Gasteiger partial charge is 0.303 e. The number of aromatic nitrogens is 2. The Morgan fingerprint density at radius 2 is 1.57 bits per heavy atom. The van der Waals surface area contributed by atoms with Crippen molar-refractivity contribution in [3.63, 3.8) is 0 Å². The molecule has 0 atom stereocenters. The van der Waals surface area contributed by atoms with E-state index >= 15 is 0 Å². The number of rotatable bonds is 3. The second kappa shape index (κ2) is 5.69. The molecule has 2 nitrogen and oxygen atoms in total. The molecule has 0 aliphatic carbocycles. The fraction of sp³-hybridized carbons (Fsp3) is 0.0500. The van der Waals surface area contributed by atoms with E-state index in [1.54, 1.807) is 12.1 Å². The predicted octanol–water partition coefficient (Wildman–Crippen LogP) is 4.73. The summed E-state index contributed by atoms with van der Waals surface area (Å²) in [5.41, 5.74) is 5.07. The lowest BCUT2D eigenvalue weighted by atomic mass is 10.0. The van der Waals surface area contributed by atoms with Crippen molar-refractivity contribution in [2.45, 2.75) is 6.42 Å². The molecule has 112 valence electrons. The maximum Gasteiger partial charge on any atom is 0.137 e. The molecule has 2 heterocycles. The van der Waals surface area contributed by atoms with Gasteiger partial charge in [-0.1, -0.05) is 36.4 Å². The van der Waals surface area contributed by atoms with Crippen LogP contribution in [0.2, 0.25) is 0 Å². The van der Waals surface area contributed by atoms with Gasteiger partial charge in [0.25, 0.3) is 0 Å². The van der Waals surface area contributed by atoms with Crippen LogP contribution in [0, 0.1) is 5.82 Å². The first-order chi connectivity index (χ1) is 11.3. The van der Waals surface area contributed by atoms with E-state index in [1.807, 2.05) is 42.6 Å². The summed E-state index contributed by atoms with van der Waals surface area (Å²) < 4.78 is 15.3. The number of halogens is 1. The number of imidazole rings is 1. The minimum atomic E-state index is -0.234. The summed E-state index contributed by atoms with van der Waals surface area (Å²) >= 11 is 0. The van der Waals surface area contributed by atoms with Gasteiger partial charge >= 0.3 is 0 Å². The number of fused-ring (bicyclic) bond motifs is 1. The lowest BCUT2D eigenvalue weighted by molar-refractivity contribution is 0.628. The van der Waals surface area contributed by atoms with Gasteiger partial charge in [-0.05, 0) is 42.0 Å². The van der Waals surface area contributed by atoms with E-state index in [1.165, 1.54) is 17.7 Å². The maximum atomic E-state index is 13.2. The highest BCUT2D eigenvalue weighted by molar-refractivity contribution is 5.67. The molecule has 23 heavy (non-hydrogen) atoms. The molecule has 0 spiro atoms. The van der Waals surface area contributed by atoms with Gasteiger partial charge in [-0.15, -0.1) is 0 Å². The van der Waals surface area contributed by atoms with Gasteiger partial charge in [0.2, 0.25) is 0 Å². The molecule has 2 aromatic heterocycles. The minimum absolute atomic E-state index is 0.234. The summed E-state index contributed by atoms with van der Waals surface area (Å²) in [6.45, 7) is 0. The van der Waals surface area contributed by atoms with Crippen molar-refractivity contribution in [3.8, 4) is 11.3 Å². The molecule has 0 bridgehead atoms. The van der Waals surface area contributed by atoms with E-state index in [2.05, 4.69) is 16.5 Å². The van der Waals surface area contributed by atoms with Gasteiger partial charge in [0.1, 0.15) is 11.5 Å². The average Bonchev–Trinajstić information content (AvgIpc) is 2.95. The Morgan fingerprint density at radius 1 is 0.826 bits per heavy atom. The van der Waals surface area contributed by atoms with Crippen molar-refractivity contribution in [2.75, 3.05) is 0 Å². The highest BCUT2D eigenvalue weighted by Crippen LogP contribution is 2.26. The van der Waals surface area contributed by atoms with Crippen molar-refractivity contribution in [2.24, 2.45) is 0 Å². The fourth-order valence-corrected chi connectivity index (χ4v) is 2.84. The first-order valence-electron chi connectivity index (χ1n) is 7.57. The van der Waals surface area contributed by atoms with Crippen LogP contribution in [-0.2, 0) is 6.42 Å². The third-order valence-corrected chi connectivity index (χ3v) is 3.96. The van der Waals surface area contributed by atoms with Crippen LogP contribution in [0.15, 0.2) is 79.0 Å². The van der Waals surface area contributed by atoms with Crippen LogP contribution < -0.4 is 0 Å². The second-order valence-corrected chi connectivity index (χ2v) is 5.51. The zero-order valence-corrected chi connectivity index (χ0v) is 12.5. The van der Waals surface area contributed by atoms with Crippen molar-refractivity contribution < 1.29 is 4.39 Å². The minimum Gasteiger partial charge on any atom is -0.303 e.